The van der Waals surface area contributed by atoms with Gasteiger partial charge in [0, 0.05) is 33.9 Å². The van der Waals surface area contributed by atoms with Crippen molar-refractivity contribution in [3.05, 3.63) is 63.3 Å². The van der Waals surface area contributed by atoms with Gasteiger partial charge in [-0.15, -0.1) is 0 Å². The van der Waals surface area contributed by atoms with Crippen LogP contribution in [0.5, 0.6) is 0 Å². The standard InChI is InChI=1S/C13H11BrClNO/c14-10-1-2-12(15)11(8-10)13(17)7-9-3-5-16-6-4-9/h1-6,8,13,17H,7H2. The number of hydrogen-bond donors (Lipinski definition) is 1. The Kier molecular flexibility index (Phi) is 4.15. The van der Waals surface area contributed by atoms with Crippen molar-refractivity contribution < 1.29 is 5.11 Å². The highest BCUT2D eigenvalue weighted by Crippen LogP contribution is 2.28. The molecule has 2 rings (SSSR count). The molecule has 0 radical (unpaired) electrons. The number of aromatic nitrogens is 1. The van der Waals surface area contributed by atoms with E-state index in [-0.39, 0.29) is 0 Å². The molecule has 1 unspecified atom stereocenters. The van der Waals surface area contributed by atoms with Crippen molar-refractivity contribution in [2.24, 2.45) is 0 Å². The Morgan fingerprint density at radius 3 is 2.65 bits per heavy atom. The van der Waals surface area contributed by atoms with E-state index >= 15 is 0 Å². The van der Waals surface area contributed by atoms with Crippen LogP contribution in [0.2, 0.25) is 5.02 Å². The second kappa shape index (κ2) is 5.63. The minimum Gasteiger partial charge on any atom is -0.388 e. The maximum Gasteiger partial charge on any atom is 0.0845 e. The van der Waals surface area contributed by atoms with E-state index in [1.54, 1.807) is 18.5 Å². The van der Waals surface area contributed by atoms with Crippen LogP contribution in [0.4, 0.5) is 0 Å². The zero-order chi connectivity index (χ0) is 12.3. The smallest absolute Gasteiger partial charge is 0.0845 e. The predicted molar refractivity (Wildman–Crippen MR) is 72.1 cm³/mol. The fraction of sp³-hybridized carbons (Fsp3) is 0.154. The Bertz CT molecular complexity index is 504. The first kappa shape index (κ1) is 12.6. The Morgan fingerprint density at radius 1 is 1.24 bits per heavy atom. The van der Waals surface area contributed by atoms with Crippen molar-refractivity contribution >= 4 is 27.5 Å². The van der Waals surface area contributed by atoms with Gasteiger partial charge in [-0.2, -0.15) is 0 Å². The summed E-state index contributed by atoms with van der Waals surface area (Å²) >= 11 is 9.43. The molecule has 0 saturated carbocycles. The summed E-state index contributed by atoms with van der Waals surface area (Å²) < 4.78 is 0.908. The summed E-state index contributed by atoms with van der Waals surface area (Å²) in [5, 5.41) is 10.7. The summed E-state index contributed by atoms with van der Waals surface area (Å²) in [6.45, 7) is 0. The number of rotatable bonds is 3. The maximum absolute atomic E-state index is 10.2. The highest BCUT2D eigenvalue weighted by molar-refractivity contribution is 9.10. The number of aliphatic hydroxyl groups excluding tert-OH is 1. The van der Waals surface area contributed by atoms with Crippen LogP contribution in [-0.2, 0) is 6.42 Å². The molecule has 0 spiro atoms. The summed E-state index contributed by atoms with van der Waals surface area (Å²) in [6.07, 6.45) is 3.34. The van der Waals surface area contributed by atoms with Crippen molar-refractivity contribution in [2.75, 3.05) is 0 Å². The molecule has 2 nitrogen and oxygen atoms in total. The van der Waals surface area contributed by atoms with Crippen LogP contribution in [-0.4, -0.2) is 10.1 Å². The van der Waals surface area contributed by atoms with Crippen molar-refractivity contribution in [3.63, 3.8) is 0 Å². The lowest BCUT2D eigenvalue weighted by Gasteiger charge is -2.13. The molecule has 1 aromatic carbocycles. The maximum atomic E-state index is 10.2. The topological polar surface area (TPSA) is 33.1 Å². The monoisotopic (exact) mass is 311 g/mol. The molecular weight excluding hydrogens is 302 g/mol. The lowest BCUT2D eigenvalue weighted by atomic mass is 10.0. The van der Waals surface area contributed by atoms with Crippen LogP contribution < -0.4 is 0 Å². The summed E-state index contributed by atoms with van der Waals surface area (Å²) in [5.74, 6) is 0. The fourth-order valence-corrected chi connectivity index (χ4v) is 2.24. The van der Waals surface area contributed by atoms with E-state index in [1.807, 2.05) is 24.3 Å². The number of benzene rings is 1. The molecule has 88 valence electrons. The summed E-state index contributed by atoms with van der Waals surface area (Å²) in [4.78, 5) is 3.94. The van der Waals surface area contributed by atoms with Gasteiger partial charge in [0.1, 0.15) is 0 Å². The number of hydrogen-bond acceptors (Lipinski definition) is 2. The Hall–Kier alpha value is -0.900. The molecule has 2 aromatic rings. The molecule has 0 amide bonds. The SMILES string of the molecule is OC(Cc1ccncc1)c1cc(Br)ccc1Cl. The van der Waals surface area contributed by atoms with E-state index < -0.39 is 6.10 Å². The quantitative estimate of drug-likeness (QED) is 0.936. The van der Waals surface area contributed by atoms with Crippen LogP contribution in [0, 0.1) is 0 Å². The van der Waals surface area contributed by atoms with Crippen molar-refractivity contribution in [3.8, 4) is 0 Å². The van der Waals surface area contributed by atoms with Gasteiger partial charge in [-0.3, -0.25) is 4.98 Å². The zero-order valence-corrected chi connectivity index (χ0v) is 11.3. The van der Waals surface area contributed by atoms with E-state index in [0.717, 1.165) is 15.6 Å². The summed E-state index contributed by atoms with van der Waals surface area (Å²) in [7, 11) is 0. The Balaban J connectivity index is 2.20. The van der Waals surface area contributed by atoms with Gasteiger partial charge in [0.25, 0.3) is 0 Å². The second-order valence-electron chi connectivity index (χ2n) is 3.74. The van der Waals surface area contributed by atoms with Crippen molar-refractivity contribution in [2.45, 2.75) is 12.5 Å². The molecule has 1 atom stereocenters. The molecule has 0 saturated heterocycles. The third kappa shape index (κ3) is 3.28. The second-order valence-corrected chi connectivity index (χ2v) is 5.06. The molecule has 0 bridgehead atoms. The number of halogens is 2. The molecular formula is C13H11BrClNO. The predicted octanol–water partition coefficient (Wildman–Crippen LogP) is 3.77. The normalized spacial score (nSPS) is 12.4. The minimum atomic E-state index is -0.609. The lowest BCUT2D eigenvalue weighted by molar-refractivity contribution is 0.178. The van der Waals surface area contributed by atoms with Crippen LogP contribution in [0.3, 0.4) is 0 Å². The van der Waals surface area contributed by atoms with Crippen LogP contribution >= 0.6 is 27.5 Å². The van der Waals surface area contributed by atoms with Gasteiger partial charge in [0.05, 0.1) is 6.10 Å². The molecule has 0 aliphatic heterocycles. The van der Waals surface area contributed by atoms with E-state index in [4.69, 9.17) is 11.6 Å². The third-order valence-electron chi connectivity index (χ3n) is 2.50. The Morgan fingerprint density at radius 2 is 1.94 bits per heavy atom. The molecule has 1 aromatic heterocycles. The van der Waals surface area contributed by atoms with Gasteiger partial charge in [-0.05, 0) is 35.9 Å². The fourth-order valence-electron chi connectivity index (χ4n) is 1.62. The van der Waals surface area contributed by atoms with Gasteiger partial charge >= 0.3 is 0 Å². The zero-order valence-electron chi connectivity index (χ0n) is 8.98. The first-order chi connectivity index (χ1) is 8.16. The highest BCUT2D eigenvalue weighted by atomic mass is 79.9. The third-order valence-corrected chi connectivity index (χ3v) is 3.33. The summed E-state index contributed by atoms with van der Waals surface area (Å²) in [5.41, 5.74) is 1.77. The number of nitrogens with zero attached hydrogens (tertiary/aromatic N) is 1. The van der Waals surface area contributed by atoms with Crippen LogP contribution in [0.15, 0.2) is 47.2 Å². The first-order valence-corrected chi connectivity index (χ1v) is 6.36. The number of pyridine rings is 1. The van der Waals surface area contributed by atoms with E-state index in [1.165, 1.54) is 0 Å². The van der Waals surface area contributed by atoms with E-state index in [9.17, 15) is 5.11 Å². The van der Waals surface area contributed by atoms with Gasteiger partial charge < -0.3 is 5.11 Å². The van der Waals surface area contributed by atoms with Gasteiger partial charge in [0.15, 0.2) is 0 Å². The van der Waals surface area contributed by atoms with Gasteiger partial charge in [0.2, 0.25) is 0 Å². The largest absolute Gasteiger partial charge is 0.388 e. The average molecular weight is 313 g/mol. The van der Waals surface area contributed by atoms with E-state index in [0.29, 0.717) is 11.4 Å². The van der Waals surface area contributed by atoms with Crippen molar-refractivity contribution in [1.29, 1.82) is 0 Å². The van der Waals surface area contributed by atoms with Crippen molar-refractivity contribution in [1.82, 2.24) is 4.98 Å². The molecule has 0 aliphatic rings. The minimum absolute atomic E-state index is 0.526. The molecule has 0 fully saturated rings. The lowest BCUT2D eigenvalue weighted by Crippen LogP contribution is -2.02. The average Bonchev–Trinajstić information content (AvgIpc) is 2.33. The Labute approximate surface area is 113 Å². The molecule has 4 heteroatoms. The van der Waals surface area contributed by atoms with Crippen LogP contribution in [0.1, 0.15) is 17.2 Å². The number of aliphatic hydroxyl groups is 1. The molecule has 17 heavy (non-hydrogen) atoms. The van der Waals surface area contributed by atoms with E-state index in [2.05, 4.69) is 20.9 Å². The van der Waals surface area contributed by atoms with Crippen LogP contribution in [0.25, 0.3) is 0 Å². The molecule has 1 N–H and O–H groups in total. The van der Waals surface area contributed by atoms with Gasteiger partial charge in [-0.1, -0.05) is 27.5 Å². The highest BCUT2D eigenvalue weighted by Gasteiger charge is 2.12. The summed E-state index contributed by atoms with van der Waals surface area (Å²) in [6, 6.07) is 9.24. The molecule has 1 heterocycles. The van der Waals surface area contributed by atoms with Gasteiger partial charge in [-0.25, -0.2) is 0 Å². The first-order valence-electron chi connectivity index (χ1n) is 5.19. The molecule has 0 aliphatic carbocycles.